The summed E-state index contributed by atoms with van der Waals surface area (Å²) in [6.07, 6.45) is 2.24. The van der Waals surface area contributed by atoms with Crippen LogP contribution in [-0.4, -0.2) is 20.2 Å². The van der Waals surface area contributed by atoms with E-state index >= 15 is 0 Å². The molecule has 2 aromatic rings. The molecule has 0 saturated heterocycles. The minimum atomic E-state index is 0.701. The van der Waals surface area contributed by atoms with Gasteiger partial charge in [0.25, 0.3) is 0 Å². The lowest BCUT2D eigenvalue weighted by Crippen LogP contribution is -2.05. The molecular weight excluding hydrogens is 226 g/mol. The van der Waals surface area contributed by atoms with Gasteiger partial charge >= 0.3 is 0 Å². The third-order valence-electron chi connectivity index (χ3n) is 2.88. The summed E-state index contributed by atoms with van der Waals surface area (Å²) in [5.41, 5.74) is 7.55. The Morgan fingerprint density at radius 1 is 1.28 bits per heavy atom. The molecule has 1 aromatic carbocycles. The molecule has 0 bridgehead atoms. The zero-order valence-electron chi connectivity index (χ0n) is 10.9. The minimum Gasteiger partial charge on any atom is -0.398 e. The molecule has 5 heteroatoms. The second-order valence-corrected chi connectivity index (χ2v) is 4.85. The minimum absolute atomic E-state index is 0.701. The van der Waals surface area contributed by atoms with Crippen molar-refractivity contribution in [3.63, 3.8) is 0 Å². The maximum atomic E-state index is 5.95. The molecule has 18 heavy (non-hydrogen) atoms. The quantitative estimate of drug-likeness (QED) is 0.821. The third-order valence-corrected chi connectivity index (χ3v) is 2.88. The Balaban J connectivity index is 2.15. The van der Waals surface area contributed by atoms with Crippen LogP contribution in [-0.2, 0) is 6.54 Å². The Morgan fingerprint density at radius 3 is 2.78 bits per heavy atom. The number of hydrogen-bond donors (Lipinski definition) is 1. The van der Waals surface area contributed by atoms with Gasteiger partial charge in [-0.15, -0.1) is 5.10 Å². The van der Waals surface area contributed by atoms with Crippen LogP contribution in [0.25, 0.3) is 11.4 Å². The molecule has 0 amide bonds. The summed E-state index contributed by atoms with van der Waals surface area (Å²) in [5, 5.41) is 11.8. The normalized spacial score (nSPS) is 11.1. The van der Waals surface area contributed by atoms with Gasteiger partial charge in [-0.1, -0.05) is 26.0 Å². The van der Waals surface area contributed by atoms with Gasteiger partial charge in [0, 0.05) is 17.8 Å². The van der Waals surface area contributed by atoms with E-state index in [2.05, 4.69) is 29.4 Å². The van der Waals surface area contributed by atoms with Crippen molar-refractivity contribution in [3.05, 3.63) is 24.3 Å². The molecule has 0 fully saturated rings. The topological polar surface area (TPSA) is 69.6 Å². The highest BCUT2D eigenvalue weighted by Crippen LogP contribution is 2.22. The highest BCUT2D eigenvalue weighted by atomic mass is 15.5. The summed E-state index contributed by atoms with van der Waals surface area (Å²) in [5.74, 6) is 1.45. The predicted octanol–water partition coefficient (Wildman–Crippen LogP) is 2.36. The molecule has 0 aliphatic carbocycles. The van der Waals surface area contributed by atoms with Gasteiger partial charge in [-0.25, -0.2) is 4.68 Å². The number of para-hydroxylation sites is 1. The van der Waals surface area contributed by atoms with E-state index in [9.17, 15) is 0 Å². The van der Waals surface area contributed by atoms with Crippen LogP contribution in [0.3, 0.4) is 0 Å². The van der Waals surface area contributed by atoms with E-state index < -0.39 is 0 Å². The van der Waals surface area contributed by atoms with E-state index in [1.807, 2.05) is 28.9 Å². The molecule has 96 valence electrons. The molecule has 0 saturated carbocycles. The average molecular weight is 245 g/mol. The van der Waals surface area contributed by atoms with Crippen LogP contribution < -0.4 is 5.73 Å². The average Bonchev–Trinajstić information content (AvgIpc) is 2.77. The number of nitrogens with zero attached hydrogens (tertiary/aromatic N) is 4. The van der Waals surface area contributed by atoms with Crippen molar-refractivity contribution in [2.45, 2.75) is 33.2 Å². The second kappa shape index (κ2) is 5.62. The van der Waals surface area contributed by atoms with Gasteiger partial charge in [-0.05, 0) is 41.3 Å². The first kappa shape index (κ1) is 12.5. The van der Waals surface area contributed by atoms with Crippen LogP contribution in [0.15, 0.2) is 24.3 Å². The van der Waals surface area contributed by atoms with E-state index in [1.165, 1.54) is 6.42 Å². The lowest BCUT2D eigenvalue weighted by molar-refractivity contribution is 0.485. The maximum absolute atomic E-state index is 5.95. The lowest BCUT2D eigenvalue weighted by atomic mass is 10.1. The Kier molecular flexibility index (Phi) is 3.92. The zero-order valence-corrected chi connectivity index (χ0v) is 10.9. The maximum Gasteiger partial charge on any atom is 0.184 e. The van der Waals surface area contributed by atoms with E-state index in [0.717, 1.165) is 24.4 Å². The molecule has 0 aliphatic rings. The van der Waals surface area contributed by atoms with Gasteiger partial charge in [0.1, 0.15) is 0 Å². The Morgan fingerprint density at radius 2 is 2.06 bits per heavy atom. The number of anilines is 1. The SMILES string of the molecule is CC(C)CCCn1nnnc1-c1ccccc1N. The molecule has 0 unspecified atom stereocenters. The highest BCUT2D eigenvalue weighted by molar-refractivity contribution is 5.70. The fourth-order valence-electron chi connectivity index (χ4n) is 1.90. The van der Waals surface area contributed by atoms with Gasteiger partial charge < -0.3 is 5.73 Å². The third kappa shape index (κ3) is 2.85. The molecule has 2 N–H and O–H groups in total. The fourth-order valence-corrected chi connectivity index (χ4v) is 1.90. The van der Waals surface area contributed by atoms with E-state index in [4.69, 9.17) is 5.73 Å². The van der Waals surface area contributed by atoms with E-state index in [0.29, 0.717) is 11.6 Å². The number of aromatic nitrogens is 4. The number of nitrogens with two attached hydrogens (primary N) is 1. The summed E-state index contributed by atoms with van der Waals surface area (Å²) in [4.78, 5) is 0. The Hall–Kier alpha value is -1.91. The molecule has 0 aliphatic heterocycles. The molecule has 0 radical (unpaired) electrons. The zero-order chi connectivity index (χ0) is 13.0. The number of nitrogen functional groups attached to an aromatic ring is 1. The van der Waals surface area contributed by atoms with Gasteiger partial charge in [-0.2, -0.15) is 0 Å². The van der Waals surface area contributed by atoms with Crippen LogP contribution in [0.4, 0.5) is 5.69 Å². The van der Waals surface area contributed by atoms with Crippen molar-refractivity contribution in [1.82, 2.24) is 20.2 Å². The Labute approximate surface area is 107 Å². The fraction of sp³-hybridized carbons (Fsp3) is 0.462. The first-order valence-electron chi connectivity index (χ1n) is 6.29. The van der Waals surface area contributed by atoms with Gasteiger partial charge in [0.2, 0.25) is 0 Å². The predicted molar refractivity (Wildman–Crippen MR) is 71.7 cm³/mol. The molecular formula is C13H19N5. The first-order chi connectivity index (χ1) is 8.68. The van der Waals surface area contributed by atoms with E-state index in [1.54, 1.807) is 0 Å². The van der Waals surface area contributed by atoms with Crippen LogP contribution in [0.5, 0.6) is 0 Å². The largest absolute Gasteiger partial charge is 0.398 e. The summed E-state index contributed by atoms with van der Waals surface area (Å²) in [7, 11) is 0. The summed E-state index contributed by atoms with van der Waals surface area (Å²) < 4.78 is 1.83. The monoisotopic (exact) mass is 245 g/mol. The molecule has 1 heterocycles. The smallest absolute Gasteiger partial charge is 0.184 e. The van der Waals surface area contributed by atoms with Crippen molar-refractivity contribution in [1.29, 1.82) is 0 Å². The van der Waals surface area contributed by atoms with Crippen LogP contribution in [0.1, 0.15) is 26.7 Å². The van der Waals surface area contributed by atoms with Gasteiger partial charge in [0.05, 0.1) is 0 Å². The molecule has 2 rings (SSSR count). The van der Waals surface area contributed by atoms with Crippen molar-refractivity contribution in [3.8, 4) is 11.4 Å². The van der Waals surface area contributed by atoms with E-state index in [-0.39, 0.29) is 0 Å². The molecule has 1 aromatic heterocycles. The van der Waals surface area contributed by atoms with Crippen molar-refractivity contribution < 1.29 is 0 Å². The molecule has 5 nitrogen and oxygen atoms in total. The number of aryl methyl sites for hydroxylation is 1. The first-order valence-corrected chi connectivity index (χ1v) is 6.29. The Bertz CT molecular complexity index is 504. The van der Waals surface area contributed by atoms with Gasteiger partial charge in [-0.3, -0.25) is 0 Å². The van der Waals surface area contributed by atoms with Crippen molar-refractivity contribution in [2.24, 2.45) is 5.92 Å². The molecule has 0 spiro atoms. The van der Waals surface area contributed by atoms with Gasteiger partial charge in [0.15, 0.2) is 5.82 Å². The number of rotatable bonds is 5. The molecule has 0 atom stereocenters. The van der Waals surface area contributed by atoms with Crippen molar-refractivity contribution >= 4 is 5.69 Å². The standard InChI is InChI=1S/C13H19N5/c1-10(2)6-5-9-18-13(15-16-17-18)11-7-3-4-8-12(11)14/h3-4,7-8,10H,5-6,9,14H2,1-2H3. The summed E-state index contributed by atoms with van der Waals surface area (Å²) in [6, 6.07) is 7.66. The summed E-state index contributed by atoms with van der Waals surface area (Å²) in [6.45, 7) is 5.26. The summed E-state index contributed by atoms with van der Waals surface area (Å²) >= 11 is 0. The van der Waals surface area contributed by atoms with Crippen LogP contribution >= 0.6 is 0 Å². The number of tetrazole rings is 1. The van der Waals surface area contributed by atoms with Crippen LogP contribution in [0, 0.1) is 5.92 Å². The second-order valence-electron chi connectivity index (χ2n) is 4.85. The van der Waals surface area contributed by atoms with Crippen LogP contribution in [0.2, 0.25) is 0 Å². The number of benzene rings is 1. The number of hydrogen-bond acceptors (Lipinski definition) is 4. The van der Waals surface area contributed by atoms with Crippen molar-refractivity contribution in [2.75, 3.05) is 5.73 Å². The lowest BCUT2D eigenvalue weighted by Gasteiger charge is -2.07. The highest BCUT2D eigenvalue weighted by Gasteiger charge is 2.11.